The maximum absolute atomic E-state index is 6.30. The highest BCUT2D eigenvalue weighted by atomic mass is 35.5. The van der Waals surface area contributed by atoms with E-state index in [2.05, 4.69) is 5.32 Å². The number of hydrogen-bond donors (Lipinski definition) is 1. The lowest BCUT2D eigenvalue weighted by atomic mass is 10.1. The first-order chi connectivity index (χ1) is 17.1. The van der Waals surface area contributed by atoms with Crippen LogP contribution in [0.2, 0.25) is 5.02 Å². The fourth-order valence-electron chi connectivity index (χ4n) is 3.81. The van der Waals surface area contributed by atoms with E-state index in [1.54, 1.807) is 20.3 Å². The van der Waals surface area contributed by atoms with Gasteiger partial charge in [-0.3, -0.25) is 0 Å². The fraction of sp³-hybridized carbons (Fsp3) is 0.0690. The molecule has 174 valence electrons. The molecule has 0 saturated heterocycles. The number of para-hydroxylation sites is 1. The van der Waals surface area contributed by atoms with Gasteiger partial charge in [0.1, 0.15) is 11.3 Å². The van der Waals surface area contributed by atoms with E-state index in [4.69, 9.17) is 30.5 Å². The van der Waals surface area contributed by atoms with Crippen LogP contribution in [-0.4, -0.2) is 14.2 Å². The van der Waals surface area contributed by atoms with Gasteiger partial charge >= 0.3 is 0 Å². The number of benzene rings is 4. The van der Waals surface area contributed by atoms with Gasteiger partial charge in [0.05, 0.1) is 25.3 Å². The zero-order chi connectivity index (χ0) is 24.2. The first kappa shape index (κ1) is 22.6. The van der Waals surface area contributed by atoms with Crippen molar-refractivity contribution >= 4 is 39.6 Å². The normalized spacial score (nSPS) is 11.5. The Bertz CT molecular complexity index is 1540. The van der Waals surface area contributed by atoms with Crippen LogP contribution in [0.4, 0.5) is 17.1 Å². The molecule has 0 aliphatic carbocycles. The van der Waals surface area contributed by atoms with Crippen molar-refractivity contribution in [1.29, 1.82) is 0 Å². The number of nitrogens with one attached hydrogen (secondary N) is 1. The summed E-state index contributed by atoms with van der Waals surface area (Å²) in [6.45, 7) is 0. The lowest BCUT2D eigenvalue weighted by Gasteiger charge is -2.10. The molecule has 35 heavy (non-hydrogen) atoms. The molecule has 5 aromatic rings. The molecule has 0 amide bonds. The molecule has 0 aliphatic heterocycles. The molecule has 1 heterocycles. The first-order valence-corrected chi connectivity index (χ1v) is 11.4. The minimum Gasteiger partial charge on any atom is -0.493 e. The molecule has 0 saturated carbocycles. The molecule has 5 rings (SSSR count). The molecule has 0 atom stereocenters. The Labute approximate surface area is 208 Å². The average Bonchev–Trinajstić information content (AvgIpc) is 2.90. The molecule has 4 aromatic carbocycles. The van der Waals surface area contributed by atoms with Crippen LogP contribution in [0.3, 0.4) is 0 Å². The molecule has 1 N–H and O–H groups in total. The number of anilines is 2. The lowest BCUT2D eigenvalue weighted by Crippen LogP contribution is -2.03. The summed E-state index contributed by atoms with van der Waals surface area (Å²) in [5.74, 6) is 1.93. The Hall–Kier alpha value is -4.22. The van der Waals surface area contributed by atoms with E-state index < -0.39 is 0 Å². The third kappa shape index (κ3) is 5.00. The van der Waals surface area contributed by atoms with Gasteiger partial charge in [-0.2, -0.15) is 0 Å². The van der Waals surface area contributed by atoms with Crippen molar-refractivity contribution < 1.29 is 13.9 Å². The monoisotopic (exact) mass is 482 g/mol. The molecule has 0 radical (unpaired) electrons. The zero-order valence-corrected chi connectivity index (χ0v) is 20.0. The summed E-state index contributed by atoms with van der Waals surface area (Å²) in [7, 11) is 3.22. The van der Waals surface area contributed by atoms with Crippen molar-refractivity contribution in [3.05, 3.63) is 107 Å². The Morgan fingerprint density at radius 3 is 2.23 bits per heavy atom. The molecule has 0 unspecified atom stereocenters. The predicted octanol–water partition coefficient (Wildman–Crippen LogP) is 7.75. The van der Waals surface area contributed by atoms with Crippen LogP contribution in [0.15, 0.2) is 106 Å². The minimum atomic E-state index is 0.616. The second-order valence-electron chi connectivity index (χ2n) is 7.86. The van der Waals surface area contributed by atoms with Crippen molar-refractivity contribution in [2.75, 3.05) is 19.5 Å². The number of ether oxygens (including phenoxy) is 2. The van der Waals surface area contributed by atoms with Gasteiger partial charge in [0.15, 0.2) is 11.5 Å². The van der Waals surface area contributed by atoms with Crippen LogP contribution in [0.1, 0.15) is 0 Å². The largest absolute Gasteiger partial charge is 0.493 e. The number of fused-ring (bicyclic) bond motifs is 1. The summed E-state index contributed by atoms with van der Waals surface area (Å²) in [5.41, 5.74) is 4.36. The molecule has 0 aliphatic rings. The van der Waals surface area contributed by atoms with E-state index in [9.17, 15) is 0 Å². The molecule has 6 heteroatoms. The molecular formula is C29H23ClN2O3. The highest BCUT2D eigenvalue weighted by Crippen LogP contribution is 2.33. The molecule has 5 nitrogen and oxygen atoms in total. The van der Waals surface area contributed by atoms with Gasteiger partial charge in [-0.1, -0.05) is 29.8 Å². The van der Waals surface area contributed by atoms with Crippen LogP contribution in [0.5, 0.6) is 11.5 Å². The second kappa shape index (κ2) is 9.95. The number of rotatable bonds is 6. The van der Waals surface area contributed by atoms with Gasteiger partial charge in [0.2, 0.25) is 0 Å². The number of nitrogens with zero attached hydrogens (tertiary/aromatic N) is 1. The molecule has 0 spiro atoms. The molecular weight excluding hydrogens is 460 g/mol. The van der Waals surface area contributed by atoms with Crippen LogP contribution in [-0.2, 0) is 0 Å². The third-order valence-electron chi connectivity index (χ3n) is 5.55. The van der Waals surface area contributed by atoms with E-state index in [1.807, 2.05) is 91.0 Å². The summed E-state index contributed by atoms with van der Waals surface area (Å²) in [4.78, 5) is 4.92. The summed E-state index contributed by atoms with van der Waals surface area (Å²) < 4.78 is 17.0. The van der Waals surface area contributed by atoms with Crippen molar-refractivity contribution in [2.24, 2.45) is 4.99 Å². The van der Waals surface area contributed by atoms with Crippen LogP contribution >= 0.6 is 11.6 Å². The topological polar surface area (TPSA) is 56.0 Å². The third-order valence-corrected chi connectivity index (χ3v) is 5.79. The molecule has 0 bridgehead atoms. The van der Waals surface area contributed by atoms with E-state index in [-0.39, 0.29) is 0 Å². The van der Waals surface area contributed by atoms with Gasteiger partial charge in [-0.05, 0) is 72.8 Å². The van der Waals surface area contributed by atoms with Crippen molar-refractivity contribution in [3.8, 4) is 22.8 Å². The van der Waals surface area contributed by atoms with Crippen LogP contribution < -0.4 is 20.1 Å². The Balaban J connectivity index is 1.58. The maximum atomic E-state index is 6.30. The Morgan fingerprint density at radius 2 is 1.49 bits per heavy atom. The SMILES string of the molecule is COc1ccc(-c2cc(=Nc3ccc(Nc4ccccc4)cc3)c3cc(Cl)ccc3o2)cc1OC. The summed E-state index contributed by atoms with van der Waals surface area (Å²) in [5, 5.41) is 5.58. The summed E-state index contributed by atoms with van der Waals surface area (Å²) >= 11 is 6.30. The quantitative estimate of drug-likeness (QED) is 0.269. The minimum absolute atomic E-state index is 0.616. The predicted molar refractivity (Wildman–Crippen MR) is 141 cm³/mol. The van der Waals surface area contributed by atoms with Crippen molar-refractivity contribution in [2.45, 2.75) is 0 Å². The number of hydrogen-bond acceptors (Lipinski definition) is 5. The Kier molecular flexibility index (Phi) is 6.42. The van der Waals surface area contributed by atoms with Crippen LogP contribution in [0.25, 0.3) is 22.3 Å². The number of halogens is 1. The van der Waals surface area contributed by atoms with Gasteiger partial charge in [-0.25, -0.2) is 4.99 Å². The maximum Gasteiger partial charge on any atom is 0.161 e. The second-order valence-corrected chi connectivity index (χ2v) is 8.29. The van der Waals surface area contributed by atoms with Crippen LogP contribution in [0, 0.1) is 0 Å². The highest BCUT2D eigenvalue weighted by Gasteiger charge is 2.11. The van der Waals surface area contributed by atoms with E-state index >= 15 is 0 Å². The lowest BCUT2D eigenvalue weighted by molar-refractivity contribution is 0.355. The van der Waals surface area contributed by atoms with E-state index in [0.717, 1.165) is 33.4 Å². The molecule has 0 fully saturated rings. The van der Waals surface area contributed by atoms with Crippen molar-refractivity contribution in [1.82, 2.24) is 0 Å². The van der Waals surface area contributed by atoms with Gasteiger partial charge in [0.25, 0.3) is 0 Å². The van der Waals surface area contributed by atoms with Gasteiger partial charge in [0, 0.05) is 33.4 Å². The standard InChI is InChI=1S/C29H23ClN2O3/c1-33-27-14-8-19(16-29(27)34-2)28-18-25(24-17-20(30)9-15-26(24)35-28)32-23-12-10-22(11-13-23)31-21-6-4-3-5-7-21/h3-18,31H,1-2H3. The van der Waals surface area contributed by atoms with E-state index in [0.29, 0.717) is 27.9 Å². The van der Waals surface area contributed by atoms with E-state index in [1.165, 1.54) is 0 Å². The average molecular weight is 483 g/mol. The number of methoxy groups -OCH3 is 2. The van der Waals surface area contributed by atoms with Gasteiger partial charge < -0.3 is 19.2 Å². The highest BCUT2D eigenvalue weighted by molar-refractivity contribution is 6.31. The van der Waals surface area contributed by atoms with Crippen molar-refractivity contribution in [3.63, 3.8) is 0 Å². The molecule has 1 aromatic heterocycles. The first-order valence-electron chi connectivity index (χ1n) is 11.1. The van der Waals surface area contributed by atoms with Gasteiger partial charge in [-0.15, -0.1) is 0 Å². The summed E-state index contributed by atoms with van der Waals surface area (Å²) in [6, 6.07) is 31.1. The smallest absolute Gasteiger partial charge is 0.161 e. The summed E-state index contributed by atoms with van der Waals surface area (Å²) in [6.07, 6.45) is 0. The fourth-order valence-corrected chi connectivity index (χ4v) is 3.98. The zero-order valence-electron chi connectivity index (χ0n) is 19.3. The Morgan fingerprint density at radius 1 is 0.743 bits per heavy atom.